The lowest BCUT2D eigenvalue weighted by molar-refractivity contribution is 0.144. The second kappa shape index (κ2) is 7.45. The monoisotopic (exact) mass is 342 g/mol. The first-order valence-corrected chi connectivity index (χ1v) is 9.50. The summed E-state index contributed by atoms with van der Waals surface area (Å²) in [5, 5.41) is 0. The van der Waals surface area contributed by atoms with Crippen LogP contribution in [0, 0.1) is 0 Å². The van der Waals surface area contributed by atoms with Crippen LogP contribution < -0.4 is 5.73 Å². The average molecular weight is 342 g/mol. The van der Waals surface area contributed by atoms with E-state index >= 15 is 0 Å². The maximum absolute atomic E-state index is 6.21. The van der Waals surface area contributed by atoms with Gasteiger partial charge in [-0.15, -0.1) is 0 Å². The molecule has 1 aliphatic rings. The van der Waals surface area contributed by atoms with Crippen molar-refractivity contribution in [3.63, 3.8) is 0 Å². The maximum Gasteiger partial charge on any atom is 0.0975 e. The van der Waals surface area contributed by atoms with Gasteiger partial charge < -0.3 is 5.73 Å². The fourth-order valence-corrected chi connectivity index (χ4v) is 4.56. The molecule has 132 valence electrons. The molecule has 1 atom stereocenters. The van der Waals surface area contributed by atoms with Gasteiger partial charge in [-0.1, -0.05) is 91.0 Å². The molecule has 0 aromatic heterocycles. The lowest BCUT2D eigenvalue weighted by Crippen LogP contribution is -2.52. The molecule has 0 unspecified atom stereocenters. The Morgan fingerprint density at radius 3 is 1.54 bits per heavy atom. The highest BCUT2D eigenvalue weighted by Crippen LogP contribution is 2.45. The second-order valence-electron chi connectivity index (χ2n) is 7.03. The van der Waals surface area contributed by atoms with Crippen LogP contribution in [0.4, 0.5) is 0 Å². The Hall–Kier alpha value is -2.42. The van der Waals surface area contributed by atoms with E-state index in [2.05, 4.69) is 95.9 Å². The zero-order valence-electron chi connectivity index (χ0n) is 15.1. The number of likely N-dealkylation sites (tertiary alicyclic amines) is 1. The molecule has 2 nitrogen and oxygen atoms in total. The molecule has 0 amide bonds. The van der Waals surface area contributed by atoms with Gasteiger partial charge in [0.1, 0.15) is 0 Å². The van der Waals surface area contributed by atoms with Crippen molar-refractivity contribution in [3.05, 3.63) is 108 Å². The van der Waals surface area contributed by atoms with Crippen LogP contribution in [-0.2, 0) is 5.54 Å². The Bertz CT molecular complexity index is 718. The van der Waals surface area contributed by atoms with Crippen LogP contribution in [0.2, 0.25) is 0 Å². The van der Waals surface area contributed by atoms with Crippen molar-refractivity contribution in [2.45, 2.75) is 24.4 Å². The molecule has 2 heteroatoms. The Labute approximate surface area is 156 Å². The van der Waals surface area contributed by atoms with Crippen molar-refractivity contribution in [2.24, 2.45) is 5.73 Å². The summed E-state index contributed by atoms with van der Waals surface area (Å²) < 4.78 is 0. The Balaban J connectivity index is 2.04. The fourth-order valence-electron chi connectivity index (χ4n) is 4.56. The molecule has 2 N–H and O–H groups in total. The average Bonchev–Trinajstić information content (AvgIpc) is 3.20. The first-order valence-electron chi connectivity index (χ1n) is 9.50. The minimum absolute atomic E-state index is 0.315. The van der Waals surface area contributed by atoms with E-state index in [4.69, 9.17) is 5.73 Å². The minimum Gasteiger partial charge on any atom is -0.329 e. The van der Waals surface area contributed by atoms with Gasteiger partial charge in [0.25, 0.3) is 0 Å². The van der Waals surface area contributed by atoms with Crippen LogP contribution in [0.5, 0.6) is 0 Å². The summed E-state index contributed by atoms with van der Waals surface area (Å²) in [6.45, 7) is 1.74. The quantitative estimate of drug-likeness (QED) is 0.696. The largest absolute Gasteiger partial charge is 0.329 e. The number of nitrogens with two attached hydrogens (primary N) is 1. The van der Waals surface area contributed by atoms with Gasteiger partial charge in [0.05, 0.1) is 5.54 Å². The highest BCUT2D eigenvalue weighted by atomic mass is 15.3. The number of hydrogen-bond donors (Lipinski definition) is 1. The second-order valence-corrected chi connectivity index (χ2v) is 7.03. The number of benzene rings is 3. The van der Waals surface area contributed by atoms with Gasteiger partial charge in [-0.3, -0.25) is 4.90 Å². The van der Waals surface area contributed by atoms with E-state index in [9.17, 15) is 0 Å². The number of nitrogens with zero attached hydrogens (tertiary/aromatic N) is 1. The van der Waals surface area contributed by atoms with Crippen LogP contribution in [-0.4, -0.2) is 24.0 Å². The van der Waals surface area contributed by atoms with E-state index < -0.39 is 0 Å². The molecule has 3 aromatic carbocycles. The summed E-state index contributed by atoms with van der Waals surface area (Å²) in [5.41, 5.74) is 9.81. The van der Waals surface area contributed by atoms with E-state index in [1.165, 1.54) is 23.1 Å². The van der Waals surface area contributed by atoms with E-state index in [1.54, 1.807) is 0 Å². The van der Waals surface area contributed by atoms with Crippen molar-refractivity contribution < 1.29 is 0 Å². The van der Waals surface area contributed by atoms with Gasteiger partial charge in [0.15, 0.2) is 0 Å². The predicted octanol–water partition coefficient (Wildman–Crippen LogP) is 4.40. The fraction of sp³-hybridized carbons (Fsp3) is 0.250. The molecule has 1 saturated heterocycles. The Morgan fingerprint density at radius 1 is 0.731 bits per heavy atom. The van der Waals surface area contributed by atoms with Crippen LogP contribution in [0.3, 0.4) is 0 Å². The molecule has 0 bridgehead atoms. The first kappa shape index (κ1) is 17.0. The topological polar surface area (TPSA) is 29.3 Å². The standard InChI is InChI=1S/C24H26N2/c25-19-23-17-10-18-26(23)24(20-11-4-1-5-12-20,21-13-6-2-7-14-21)22-15-8-3-9-16-22/h1-9,11-16,23H,10,17-19,25H2/t23-/m0/s1. The highest BCUT2D eigenvalue weighted by Gasteiger charge is 2.46. The molecule has 1 aliphatic heterocycles. The molecule has 4 rings (SSSR count). The molecular formula is C24H26N2. The van der Waals surface area contributed by atoms with Gasteiger partial charge in [-0.05, 0) is 29.5 Å². The maximum atomic E-state index is 6.21. The van der Waals surface area contributed by atoms with Crippen LogP contribution in [0.25, 0.3) is 0 Å². The van der Waals surface area contributed by atoms with Gasteiger partial charge >= 0.3 is 0 Å². The zero-order chi connectivity index (χ0) is 17.8. The van der Waals surface area contributed by atoms with E-state index in [0.717, 1.165) is 13.0 Å². The minimum atomic E-state index is -0.315. The van der Waals surface area contributed by atoms with E-state index in [0.29, 0.717) is 12.6 Å². The summed E-state index contributed by atoms with van der Waals surface area (Å²) in [5.74, 6) is 0. The van der Waals surface area contributed by atoms with Gasteiger partial charge in [-0.25, -0.2) is 0 Å². The summed E-state index contributed by atoms with van der Waals surface area (Å²) in [7, 11) is 0. The lowest BCUT2D eigenvalue weighted by atomic mass is 9.75. The third kappa shape index (κ3) is 2.76. The van der Waals surface area contributed by atoms with Crippen LogP contribution in [0.1, 0.15) is 29.5 Å². The molecule has 1 heterocycles. The first-order chi connectivity index (χ1) is 12.9. The highest BCUT2D eigenvalue weighted by molar-refractivity contribution is 5.50. The summed E-state index contributed by atoms with van der Waals surface area (Å²) in [6, 6.07) is 33.0. The summed E-state index contributed by atoms with van der Waals surface area (Å²) in [4.78, 5) is 2.63. The van der Waals surface area contributed by atoms with E-state index in [1.807, 2.05) is 0 Å². The molecule has 1 fully saturated rings. The van der Waals surface area contributed by atoms with Crippen molar-refractivity contribution in [1.82, 2.24) is 4.90 Å². The number of rotatable bonds is 5. The SMILES string of the molecule is NC[C@@H]1CCCN1C(c1ccccc1)(c1ccccc1)c1ccccc1. The summed E-state index contributed by atoms with van der Waals surface area (Å²) >= 11 is 0. The molecular weight excluding hydrogens is 316 g/mol. The van der Waals surface area contributed by atoms with E-state index in [-0.39, 0.29) is 5.54 Å². The smallest absolute Gasteiger partial charge is 0.0975 e. The van der Waals surface area contributed by atoms with Crippen LogP contribution in [0.15, 0.2) is 91.0 Å². The summed E-state index contributed by atoms with van der Waals surface area (Å²) in [6.07, 6.45) is 2.35. The van der Waals surface area contributed by atoms with Crippen molar-refractivity contribution >= 4 is 0 Å². The van der Waals surface area contributed by atoms with Crippen LogP contribution >= 0.6 is 0 Å². The zero-order valence-corrected chi connectivity index (χ0v) is 15.1. The van der Waals surface area contributed by atoms with Crippen molar-refractivity contribution in [2.75, 3.05) is 13.1 Å². The molecule has 3 aromatic rings. The third-order valence-corrected chi connectivity index (χ3v) is 5.65. The Morgan fingerprint density at radius 2 is 1.15 bits per heavy atom. The predicted molar refractivity (Wildman–Crippen MR) is 108 cm³/mol. The molecule has 0 radical (unpaired) electrons. The Kier molecular flexibility index (Phi) is 4.87. The molecule has 0 aliphatic carbocycles. The molecule has 0 spiro atoms. The third-order valence-electron chi connectivity index (χ3n) is 5.65. The lowest BCUT2D eigenvalue weighted by Gasteiger charge is -2.46. The van der Waals surface area contributed by atoms with Gasteiger partial charge in [0.2, 0.25) is 0 Å². The normalized spacial score (nSPS) is 18.1. The van der Waals surface area contributed by atoms with Crippen molar-refractivity contribution in [3.8, 4) is 0 Å². The van der Waals surface area contributed by atoms with Gasteiger partial charge in [0, 0.05) is 19.1 Å². The molecule has 26 heavy (non-hydrogen) atoms. The number of hydrogen-bond acceptors (Lipinski definition) is 2. The molecule has 0 saturated carbocycles. The van der Waals surface area contributed by atoms with Crippen molar-refractivity contribution in [1.29, 1.82) is 0 Å². The van der Waals surface area contributed by atoms with Gasteiger partial charge in [-0.2, -0.15) is 0 Å².